The highest BCUT2D eigenvalue weighted by Gasteiger charge is 2.16. The van der Waals surface area contributed by atoms with Crippen LogP contribution in [0, 0.1) is 5.92 Å². The first-order chi connectivity index (χ1) is 8.79. The van der Waals surface area contributed by atoms with Crippen molar-refractivity contribution in [1.29, 1.82) is 0 Å². The first-order valence-corrected chi connectivity index (χ1v) is 6.36. The Balaban J connectivity index is 1.79. The van der Waals surface area contributed by atoms with Crippen LogP contribution in [0.15, 0.2) is 16.5 Å². The Morgan fingerprint density at radius 1 is 1.61 bits per heavy atom. The molecule has 5 heteroatoms. The van der Waals surface area contributed by atoms with Gasteiger partial charge in [-0.25, -0.2) is 0 Å². The quantitative estimate of drug-likeness (QED) is 0.825. The highest BCUT2D eigenvalue weighted by atomic mass is 16.5. The van der Waals surface area contributed by atoms with Gasteiger partial charge in [0.1, 0.15) is 12.4 Å². The fourth-order valence-corrected chi connectivity index (χ4v) is 2.14. The van der Waals surface area contributed by atoms with Crippen molar-refractivity contribution < 1.29 is 13.9 Å². The minimum Gasteiger partial charge on any atom is -0.453 e. The molecule has 1 aliphatic rings. The molecule has 0 radical (unpaired) electrons. The number of amides is 1. The number of ether oxygens (including phenoxy) is 1. The van der Waals surface area contributed by atoms with Crippen LogP contribution in [-0.4, -0.2) is 32.7 Å². The molecule has 0 spiro atoms. The Kier molecular flexibility index (Phi) is 4.78. The Hall–Kier alpha value is -1.33. The number of nitrogens with one attached hydrogen (secondary N) is 2. The summed E-state index contributed by atoms with van der Waals surface area (Å²) in [5.74, 6) is 1.40. The number of piperidine rings is 1. The smallest absolute Gasteiger partial charge is 0.287 e. The van der Waals surface area contributed by atoms with Gasteiger partial charge in [-0.1, -0.05) is 0 Å². The molecule has 1 fully saturated rings. The number of hydrogen-bond donors (Lipinski definition) is 2. The van der Waals surface area contributed by atoms with Gasteiger partial charge in [-0.05, 0) is 44.0 Å². The molecule has 2 heterocycles. The van der Waals surface area contributed by atoms with E-state index in [0.29, 0.717) is 30.6 Å². The molecule has 0 aliphatic carbocycles. The van der Waals surface area contributed by atoms with Gasteiger partial charge in [-0.2, -0.15) is 0 Å². The first kappa shape index (κ1) is 13.1. The fraction of sp³-hybridized carbons (Fsp3) is 0.615. The summed E-state index contributed by atoms with van der Waals surface area (Å²) < 4.78 is 10.3. The predicted molar refractivity (Wildman–Crippen MR) is 67.3 cm³/mol. The normalized spacial score (nSPS) is 19.7. The molecular formula is C13H20N2O3. The van der Waals surface area contributed by atoms with Crippen molar-refractivity contribution in [1.82, 2.24) is 10.6 Å². The van der Waals surface area contributed by atoms with Crippen LogP contribution < -0.4 is 10.6 Å². The molecule has 18 heavy (non-hydrogen) atoms. The van der Waals surface area contributed by atoms with Gasteiger partial charge < -0.3 is 19.8 Å². The minimum absolute atomic E-state index is 0.150. The van der Waals surface area contributed by atoms with Gasteiger partial charge in [-0.3, -0.25) is 4.79 Å². The summed E-state index contributed by atoms with van der Waals surface area (Å²) in [5, 5.41) is 6.24. The van der Waals surface area contributed by atoms with Crippen molar-refractivity contribution in [2.75, 3.05) is 26.7 Å². The Labute approximate surface area is 107 Å². The second-order valence-corrected chi connectivity index (χ2v) is 4.62. The average Bonchev–Trinajstić information content (AvgIpc) is 2.86. The lowest BCUT2D eigenvalue weighted by atomic mass is 10.00. The van der Waals surface area contributed by atoms with Crippen LogP contribution in [0.2, 0.25) is 0 Å². The molecule has 5 nitrogen and oxygen atoms in total. The minimum atomic E-state index is -0.150. The van der Waals surface area contributed by atoms with Crippen LogP contribution in [0.1, 0.15) is 29.2 Å². The fourth-order valence-electron chi connectivity index (χ4n) is 2.14. The molecule has 100 valence electrons. The summed E-state index contributed by atoms with van der Waals surface area (Å²) >= 11 is 0. The van der Waals surface area contributed by atoms with Crippen molar-refractivity contribution in [2.24, 2.45) is 5.92 Å². The maximum atomic E-state index is 11.8. The molecule has 1 aromatic heterocycles. The van der Waals surface area contributed by atoms with Crippen molar-refractivity contribution in [2.45, 2.75) is 19.4 Å². The zero-order valence-electron chi connectivity index (χ0n) is 10.7. The first-order valence-electron chi connectivity index (χ1n) is 6.36. The Bertz CT molecular complexity index is 383. The van der Waals surface area contributed by atoms with Crippen molar-refractivity contribution >= 4 is 5.91 Å². The second-order valence-electron chi connectivity index (χ2n) is 4.62. The zero-order chi connectivity index (χ0) is 12.8. The average molecular weight is 252 g/mol. The van der Waals surface area contributed by atoms with E-state index >= 15 is 0 Å². The lowest BCUT2D eigenvalue weighted by Crippen LogP contribution is -2.38. The van der Waals surface area contributed by atoms with E-state index in [1.807, 2.05) is 0 Å². The van der Waals surface area contributed by atoms with E-state index in [1.165, 1.54) is 12.8 Å². The van der Waals surface area contributed by atoms with Gasteiger partial charge in [0.2, 0.25) is 0 Å². The molecule has 1 aromatic rings. The Morgan fingerprint density at radius 3 is 3.22 bits per heavy atom. The largest absolute Gasteiger partial charge is 0.453 e. The number of hydrogen-bond acceptors (Lipinski definition) is 4. The molecule has 2 N–H and O–H groups in total. The van der Waals surface area contributed by atoms with Crippen molar-refractivity contribution in [3.8, 4) is 0 Å². The number of furan rings is 1. The summed E-state index contributed by atoms with van der Waals surface area (Å²) in [4.78, 5) is 11.8. The molecular weight excluding hydrogens is 232 g/mol. The molecule has 0 aromatic carbocycles. The molecule has 1 saturated heterocycles. The summed E-state index contributed by atoms with van der Waals surface area (Å²) in [6.07, 6.45) is 2.35. The van der Waals surface area contributed by atoms with E-state index in [4.69, 9.17) is 9.15 Å². The predicted octanol–water partition coefficient (Wildman–Crippen LogP) is 1.16. The van der Waals surface area contributed by atoms with Gasteiger partial charge in [0.15, 0.2) is 5.76 Å². The lowest BCUT2D eigenvalue weighted by Gasteiger charge is -2.22. The van der Waals surface area contributed by atoms with E-state index in [2.05, 4.69) is 10.6 Å². The molecule has 1 aliphatic heterocycles. The zero-order valence-corrected chi connectivity index (χ0v) is 10.7. The molecule has 0 bridgehead atoms. The summed E-state index contributed by atoms with van der Waals surface area (Å²) in [5.41, 5.74) is 0. The highest BCUT2D eigenvalue weighted by Crippen LogP contribution is 2.11. The summed E-state index contributed by atoms with van der Waals surface area (Å²) in [7, 11) is 1.60. The third-order valence-electron chi connectivity index (χ3n) is 3.12. The van der Waals surface area contributed by atoms with Gasteiger partial charge in [0, 0.05) is 13.7 Å². The Morgan fingerprint density at radius 2 is 2.50 bits per heavy atom. The number of carbonyl (C=O) groups is 1. The standard InChI is InChI=1S/C13H20N2O3/c1-17-9-11-4-5-12(18-11)13(16)15-8-10-3-2-6-14-7-10/h4-5,10,14H,2-3,6-9H2,1H3,(H,15,16). The topological polar surface area (TPSA) is 63.5 Å². The van der Waals surface area contributed by atoms with Gasteiger partial charge in [-0.15, -0.1) is 0 Å². The van der Waals surface area contributed by atoms with E-state index in [0.717, 1.165) is 13.1 Å². The van der Waals surface area contributed by atoms with Crippen molar-refractivity contribution in [3.05, 3.63) is 23.7 Å². The maximum absolute atomic E-state index is 11.8. The molecule has 2 rings (SSSR count). The highest BCUT2D eigenvalue weighted by molar-refractivity contribution is 5.91. The van der Waals surface area contributed by atoms with E-state index in [9.17, 15) is 4.79 Å². The van der Waals surface area contributed by atoms with Crippen LogP contribution in [0.4, 0.5) is 0 Å². The molecule has 1 atom stereocenters. The molecule has 1 unspecified atom stereocenters. The SMILES string of the molecule is COCc1ccc(C(=O)NCC2CCCNC2)o1. The maximum Gasteiger partial charge on any atom is 0.287 e. The third kappa shape index (κ3) is 3.58. The van der Waals surface area contributed by atoms with E-state index in [1.54, 1.807) is 19.2 Å². The van der Waals surface area contributed by atoms with Crippen LogP contribution in [0.3, 0.4) is 0 Å². The summed E-state index contributed by atoms with van der Waals surface area (Å²) in [6, 6.07) is 3.45. The molecule has 0 saturated carbocycles. The monoisotopic (exact) mass is 252 g/mol. The second kappa shape index (κ2) is 6.56. The number of carbonyl (C=O) groups excluding carboxylic acids is 1. The van der Waals surface area contributed by atoms with Gasteiger partial charge >= 0.3 is 0 Å². The number of methoxy groups -OCH3 is 1. The molecule has 1 amide bonds. The van der Waals surface area contributed by atoms with Gasteiger partial charge in [0.05, 0.1) is 0 Å². The van der Waals surface area contributed by atoms with Crippen LogP contribution in [0.5, 0.6) is 0 Å². The van der Waals surface area contributed by atoms with Crippen LogP contribution in [-0.2, 0) is 11.3 Å². The van der Waals surface area contributed by atoms with Crippen molar-refractivity contribution in [3.63, 3.8) is 0 Å². The summed E-state index contributed by atoms with van der Waals surface area (Å²) in [6.45, 7) is 3.16. The van der Waals surface area contributed by atoms with Crippen LogP contribution >= 0.6 is 0 Å². The van der Waals surface area contributed by atoms with Crippen LogP contribution in [0.25, 0.3) is 0 Å². The number of rotatable bonds is 5. The lowest BCUT2D eigenvalue weighted by molar-refractivity contribution is 0.0908. The third-order valence-corrected chi connectivity index (χ3v) is 3.12. The van der Waals surface area contributed by atoms with E-state index < -0.39 is 0 Å². The van der Waals surface area contributed by atoms with E-state index in [-0.39, 0.29) is 5.91 Å². The van der Waals surface area contributed by atoms with Gasteiger partial charge in [0.25, 0.3) is 5.91 Å².